The number of aryl methyl sites for hydroxylation is 2. The number of hydrogen-bond acceptors (Lipinski definition) is 2. The lowest BCUT2D eigenvalue weighted by molar-refractivity contribution is -0.120. The molecule has 0 aromatic carbocycles. The minimum absolute atomic E-state index is 0.0990. The highest BCUT2D eigenvalue weighted by molar-refractivity contribution is 5.75. The van der Waals surface area contributed by atoms with Gasteiger partial charge in [0.2, 0.25) is 5.91 Å². The van der Waals surface area contributed by atoms with Crippen molar-refractivity contribution in [2.75, 3.05) is 7.05 Å². The van der Waals surface area contributed by atoms with Crippen LogP contribution in [0.3, 0.4) is 0 Å². The van der Waals surface area contributed by atoms with Gasteiger partial charge in [-0.25, -0.2) is 4.39 Å². The maximum atomic E-state index is 13.3. The number of halogens is 1. The molecule has 0 radical (unpaired) electrons. The highest BCUT2D eigenvalue weighted by Gasteiger charge is 2.07. The predicted octanol–water partition coefficient (Wildman–Crippen LogP) is 1.46. The normalized spacial score (nSPS) is 10.1. The number of amides is 1. The molecule has 0 fully saturated rings. The molecular weight excluding hydrogens is 195 g/mol. The molecule has 1 rings (SSSR count). The molecule has 1 aromatic rings. The van der Waals surface area contributed by atoms with E-state index in [0.717, 1.165) is 12.1 Å². The molecule has 1 aromatic heterocycles. The van der Waals surface area contributed by atoms with Crippen molar-refractivity contribution in [1.82, 2.24) is 10.3 Å². The van der Waals surface area contributed by atoms with Crippen molar-refractivity contribution in [3.63, 3.8) is 0 Å². The summed E-state index contributed by atoms with van der Waals surface area (Å²) in [6.07, 6.45) is 1.39. The van der Waals surface area contributed by atoms with Crippen LogP contribution in [0.4, 0.5) is 4.39 Å². The summed E-state index contributed by atoms with van der Waals surface area (Å²) in [6, 6.07) is 3.07. The first-order chi connectivity index (χ1) is 7.17. The van der Waals surface area contributed by atoms with Gasteiger partial charge in [-0.1, -0.05) is 6.92 Å². The van der Waals surface area contributed by atoms with E-state index >= 15 is 0 Å². The first-order valence-corrected chi connectivity index (χ1v) is 5.02. The monoisotopic (exact) mass is 210 g/mol. The first-order valence-electron chi connectivity index (χ1n) is 5.02. The van der Waals surface area contributed by atoms with Gasteiger partial charge < -0.3 is 5.32 Å². The second-order valence-electron chi connectivity index (χ2n) is 3.26. The third-order valence-electron chi connectivity index (χ3n) is 2.21. The molecule has 1 N–H and O–H groups in total. The largest absolute Gasteiger partial charge is 0.359 e. The molecule has 0 unspecified atom stereocenters. The number of pyridine rings is 1. The van der Waals surface area contributed by atoms with Crippen molar-refractivity contribution < 1.29 is 9.18 Å². The number of nitrogens with one attached hydrogen (secondary N) is 1. The highest BCUT2D eigenvalue weighted by Crippen LogP contribution is 2.08. The van der Waals surface area contributed by atoms with Crippen molar-refractivity contribution in [1.29, 1.82) is 0 Å². The number of rotatable bonds is 4. The van der Waals surface area contributed by atoms with Crippen molar-refractivity contribution in [2.24, 2.45) is 0 Å². The zero-order valence-electron chi connectivity index (χ0n) is 9.01. The summed E-state index contributed by atoms with van der Waals surface area (Å²) < 4.78 is 13.3. The van der Waals surface area contributed by atoms with Gasteiger partial charge in [0.1, 0.15) is 5.82 Å². The van der Waals surface area contributed by atoms with Gasteiger partial charge in [-0.05, 0) is 18.6 Å². The third kappa shape index (κ3) is 3.31. The SMILES string of the molecule is CCc1ccc(F)c(CCC(=O)NC)n1. The zero-order valence-corrected chi connectivity index (χ0v) is 9.01. The standard InChI is InChI=1S/C11H15FN2O/c1-3-8-4-5-9(12)10(14-8)6-7-11(15)13-2/h4-5H,3,6-7H2,1-2H3,(H,13,15). The Balaban J connectivity index is 2.70. The van der Waals surface area contributed by atoms with Crippen LogP contribution >= 0.6 is 0 Å². The topological polar surface area (TPSA) is 42.0 Å². The Kier molecular flexibility index (Phi) is 4.21. The van der Waals surface area contributed by atoms with Crippen molar-refractivity contribution >= 4 is 5.91 Å². The number of aromatic nitrogens is 1. The van der Waals surface area contributed by atoms with E-state index in [1.54, 1.807) is 13.1 Å². The molecular formula is C11H15FN2O. The quantitative estimate of drug-likeness (QED) is 0.817. The average molecular weight is 210 g/mol. The molecule has 82 valence electrons. The second kappa shape index (κ2) is 5.44. The Hall–Kier alpha value is -1.45. The minimum atomic E-state index is -0.337. The molecule has 0 spiro atoms. The van der Waals surface area contributed by atoms with Gasteiger partial charge in [0.15, 0.2) is 0 Å². The number of carbonyl (C=O) groups is 1. The Bertz CT molecular complexity index is 352. The molecule has 3 nitrogen and oxygen atoms in total. The zero-order chi connectivity index (χ0) is 11.3. The van der Waals surface area contributed by atoms with E-state index in [2.05, 4.69) is 10.3 Å². The molecule has 0 aliphatic heterocycles. The molecule has 15 heavy (non-hydrogen) atoms. The van der Waals surface area contributed by atoms with Gasteiger partial charge in [0.25, 0.3) is 0 Å². The van der Waals surface area contributed by atoms with Gasteiger partial charge >= 0.3 is 0 Å². The van der Waals surface area contributed by atoms with Crippen LogP contribution in [0, 0.1) is 5.82 Å². The fourth-order valence-electron chi connectivity index (χ4n) is 1.26. The minimum Gasteiger partial charge on any atom is -0.359 e. The smallest absolute Gasteiger partial charge is 0.220 e. The van der Waals surface area contributed by atoms with Gasteiger partial charge in [0, 0.05) is 25.6 Å². The van der Waals surface area contributed by atoms with E-state index in [0.29, 0.717) is 12.1 Å². The average Bonchev–Trinajstić information content (AvgIpc) is 2.27. The Morgan fingerprint density at radius 2 is 2.27 bits per heavy atom. The summed E-state index contributed by atoms with van der Waals surface area (Å²) in [7, 11) is 1.56. The van der Waals surface area contributed by atoms with E-state index in [-0.39, 0.29) is 18.1 Å². The van der Waals surface area contributed by atoms with Crippen LogP contribution in [-0.4, -0.2) is 17.9 Å². The van der Waals surface area contributed by atoms with Crippen molar-refractivity contribution in [2.45, 2.75) is 26.2 Å². The lowest BCUT2D eigenvalue weighted by atomic mass is 10.2. The van der Waals surface area contributed by atoms with Gasteiger partial charge in [-0.2, -0.15) is 0 Å². The fraction of sp³-hybridized carbons (Fsp3) is 0.455. The summed E-state index contributed by atoms with van der Waals surface area (Å²) >= 11 is 0. The fourth-order valence-corrected chi connectivity index (χ4v) is 1.26. The molecule has 1 heterocycles. The number of carbonyl (C=O) groups excluding carboxylic acids is 1. The Morgan fingerprint density at radius 1 is 1.53 bits per heavy atom. The summed E-state index contributed by atoms with van der Waals surface area (Å²) in [5.41, 5.74) is 1.22. The first kappa shape index (κ1) is 11.6. The molecule has 4 heteroatoms. The lowest BCUT2D eigenvalue weighted by Crippen LogP contribution is -2.18. The van der Waals surface area contributed by atoms with Crippen LogP contribution in [0.25, 0.3) is 0 Å². The van der Waals surface area contributed by atoms with Crippen LogP contribution in [0.15, 0.2) is 12.1 Å². The van der Waals surface area contributed by atoms with E-state index in [1.165, 1.54) is 6.07 Å². The van der Waals surface area contributed by atoms with Gasteiger partial charge in [0.05, 0.1) is 5.69 Å². The number of hydrogen-bond donors (Lipinski definition) is 1. The van der Waals surface area contributed by atoms with Crippen molar-refractivity contribution in [3.8, 4) is 0 Å². The summed E-state index contributed by atoms with van der Waals surface area (Å²) in [4.78, 5) is 15.1. The number of nitrogens with zero attached hydrogens (tertiary/aromatic N) is 1. The van der Waals surface area contributed by atoms with E-state index in [4.69, 9.17) is 0 Å². The van der Waals surface area contributed by atoms with Crippen LogP contribution < -0.4 is 5.32 Å². The molecule has 0 atom stereocenters. The third-order valence-corrected chi connectivity index (χ3v) is 2.21. The molecule has 0 aliphatic carbocycles. The predicted molar refractivity (Wildman–Crippen MR) is 56.0 cm³/mol. The highest BCUT2D eigenvalue weighted by atomic mass is 19.1. The van der Waals surface area contributed by atoms with E-state index in [9.17, 15) is 9.18 Å². The van der Waals surface area contributed by atoms with Crippen LogP contribution in [-0.2, 0) is 17.6 Å². The maximum Gasteiger partial charge on any atom is 0.220 e. The molecule has 0 saturated heterocycles. The lowest BCUT2D eigenvalue weighted by Gasteiger charge is -2.04. The molecule has 0 aliphatic rings. The van der Waals surface area contributed by atoms with Gasteiger partial charge in [-0.15, -0.1) is 0 Å². The van der Waals surface area contributed by atoms with Crippen LogP contribution in [0.5, 0.6) is 0 Å². The Labute approximate surface area is 88.7 Å². The molecule has 0 saturated carbocycles. The molecule has 0 bridgehead atoms. The van der Waals surface area contributed by atoms with Crippen LogP contribution in [0.2, 0.25) is 0 Å². The summed E-state index contributed by atoms with van der Waals surface area (Å²) in [5.74, 6) is -0.436. The Morgan fingerprint density at radius 3 is 2.87 bits per heavy atom. The van der Waals surface area contributed by atoms with E-state index < -0.39 is 0 Å². The van der Waals surface area contributed by atoms with E-state index in [1.807, 2.05) is 6.92 Å². The molecule has 1 amide bonds. The maximum absolute atomic E-state index is 13.3. The van der Waals surface area contributed by atoms with Gasteiger partial charge in [-0.3, -0.25) is 9.78 Å². The van der Waals surface area contributed by atoms with Crippen LogP contribution in [0.1, 0.15) is 24.7 Å². The summed E-state index contributed by atoms with van der Waals surface area (Å²) in [6.45, 7) is 1.96. The summed E-state index contributed by atoms with van der Waals surface area (Å²) in [5, 5.41) is 2.49. The van der Waals surface area contributed by atoms with Crippen molar-refractivity contribution in [3.05, 3.63) is 29.3 Å². The second-order valence-corrected chi connectivity index (χ2v) is 3.26.